The predicted molar refractivity (Wildman–Crippen MR) is 90.4 cm³/mol. The summed E-state index contributed by atoms with van der Waals surface area (Å²) in [7, 11) is 2.71. The Kier molecular flexibility index (Phi) is 4.02. The van der Waals surface area contributed by atoms with Crippen LogP contribution in [0.4, 0.5) is 5.82 Å². The van der Waals surface area contributed by atoms with E-state index in [-0.39, 0.29) is 17.1 Å². The summed E-state index contributed by atoms with van der Waals surface area (Å²) in [5.41, 5.74) is 5.57. The summed E-state index contributed by atoms with van der Waals surface area (Å²) in [6, 6.07) is 7.22. The molecule has 24 heavy (non-hydrogen) atoms. The number of nitrogen functional groups attached to an aromatic ring is 1. The molecular weight excluding hydrogens is 332 g/mol. The molecule has 0 amide bonds. The van der Waals surface area contributed by atoms with Gasteiger partial charge >= 0.3 is 5.69 Å². The average Bonchev–Trinajstić information content (AvgIpc) is 2.99. The number of anilines is 1. The number of benzene rings is 1. The van der Waals surface area contributed by atoms with Crippen molar-refractivity contribution in [1.29, 1.82) is 0 Å². The summed E-state index contributed by atoms with van der Waals surface area (Å²) in [4.78, 5) is 40.6. The van der Waals surface area contributed by atoms with Gasteiger partial charge in [-0.15, -0.1) is 0 Å². The van der Waals surface area contributed by atoms with Crippen molar-refractivity contribution in [1.82, 2.24) is 14.1 Å². The van der Waals surface area contributed by atoms with Gasteiger partial charge in [0.1, 0.15) is 16.9 Å². The summed E-state index contributed by atoms with van der Waals surface area (Å²) in [5.74, 6) is -0.716. The van der Waals surface area contributed by atoms with E-state index in [0.717, 1.165) is 20.9 Å². The number of para-hydroxylation sites is 2. The number of ketones is 1. The highest BCUT2D eigenvalue weighted by Crippen LogP contribution is 2.23. The molecule has 124 valence electrons. The molecule has 0 aliphatic rings. The second-order valence-electron chi connectivity index (χ2n) is 5.13. The van der Waals surface area contributed by atoms with Gasteiger partial charge in [-0.05, 0) is 12.1 Å². The number of nitrogens with zero attached hydrogens (tertiary/aromatic N) is 3. The largest absolute Gasteiger partial charge is 0.431 e. The topological polar surface area (TPSA) is 113 Å². The van der Waals surface area contributed by atoms with Crippen LogP contribution in [0.25, 0.3) is 11.1 Å². The number of oxazole rings is 1. The zero-order chi connectivity index (χ0) is 17.4. The summed E-state index contributed by atoms with van der Waals surface area (Å²) in [6.07, 6.45) is 0. The van der Waals surface area contributed by atoms with Crippen LogP contribution in [0.5, 0.6) is 0 Å². The van der Waals surface area contributed by atoms with Crippen molar-refractivity contribution in [2.45, 2.75) is 5.22 Å². The molecule has 0 unspecified atom stereocenters. The number of nitrogens with two attached hydrogens (primary N) is 1. The van der Waals surface area contributed by atoms with Gasteiger partial charge in [0.25, 0.3) is 10.8 Å². The number of carbonyl (C=O) groups excluding carboxylic acids is 1. The molecule has 0 saturated carbocycles. The van der Waals surface area contributed by atoms with Crippen LogP contribution < -0.4 is 17.0 Å². The fourth-order valence-corrected chi connectivity index (χ4v) is 2.94. The standard InChI is InChI=1S/C15H14N4O4S/c1-18-12(16)11(13(21)19(2)15(18)22)9(20)7-24-14-17-8-5-3-4-6-10(8)23-14/h3-6H,7,16H2,1-2H3. The van der Waals surface area contributed by atoms with Crippen molar-refractivity contribution in [2.24, 2.45) is 14.1 Å². The Balaban J connectivity index is 1.88. The van der Waals surface area contributed by atoms with Crippen LogP contribution in [0.15, 0.2) is 43.5 Å². The van der Waals surface area contributed by atoms with E-state index in [1.54, 1.807) is 12.1 Å². The van der Waals surface area contributed by atoms with E-state index >= 15 is 0 Å². The minimum atomic E-state index is -0.709. The second kappa shape index (κ2) is 6.00. The lowest BCUT2D eigenvalue weighted by atomic mass is 10.2. The quantitative estimate of drug-likeness (QED) is 0.548. The monoisotopic (exact) mass is 346 g/mol. The zero-order valence-corrected chi connectivity index (χ0v) is 13.8. The van der Waals surface area contributed by atoms with Crippen molar-refractivity contribution in [3.63, 3.8) is 0 Å². The Morgan fingerprint density at radius 2 is 1.96 bits per heavy atom. The van der Waals surface area contributed by atoms with Crippen molar-refractivity contribution in [3.05, 3.63) is 50.7 Å². The normalized spacial score (nSPS) is 11.1. The van der Waals surface area contributed by atoms with Gasteiger partial charge in [-0.25, -0.2) is 9.78 Å². The molecule has 0 aliphatic carbocycles. The summed E-state index contributed by atoms with van der Waals surface area (Å²) in [5, 5.41) is 0.324. The van der Waals surface area contributed by atoms with E-state index in [1.807, 2.05) is 12.1 Å². The van der Waals surface area contributed by atoms with Gasteiger partial charge in [0.15, 0.2) is 11.4 Å². The smallest absolute Gasteiger partial charge is 0.332 e. The molecule has 3 aromatic rings. The number of rotatable bonds is 4. The maximum atomic E-state index is 12.4. The maximum absolute atomic E-state index is 12.4. The Morgan fingerprint density at radius 3 is 2.67 bits per heavy atom. The van der Waals surface area contributed by atoms with Gasteiger partial charge in [0, 0.05) is 14.1 Å². The first-order valence-corrected chi connectivity index (χ1v) is 7.95. The summed E-state index contributed by atoms with van der Waals surface area (Å²) < 4.78 is 7.43. The van der Waals surface area contributed by atoms with Crippen molar-refractivity contribution < 1.29 is 9.21 Å². The molecule has 0 radical (unpaired) electrons. The predicted octanol–water partition coefficient (Wildman–Crippen LogP) is 0.782. The number of aromatic nitrogens is 3. The number of hydrogen-bond acceptors (Lipinski definition) is 7. The number of carbonyl (C=O) groups is 1. The third-order valence-electron chi connectivity index (χ3n) is 3.59. The summed E-state index contributed by atoms with van der Waals surface area (Å²) >= 11 is 1.06. The molecule has 3 rings (SSSR count). The molecule has 0 saturated heterocycles. The van der Waals surface area contributed by atoms with Crippen LogP contribution in [-0.4, -0.2) is 25.7 Å². The average molecular weight is 346 g/mol. The maximum Gasteiger partial charge on any atom is 0.332 e. The van der Waals surface area contributed by atoms with E-state index in [2.05, 4.69) is 4.98 Å². The molecule has 2 N–H and O–H groups in total. The van der Waals surface area contributed by atoms with Crippen molar-refractivity contribution in [2.75, 3.05) is 11.5 Å². The lowest BCUT2D eigenvalue weighted by Gasteiger charge is -2.10. The van der Waals surface area contributed by atoms with Gasteiger partial charge in [-0.2, -0.15) is 0 Å². The third-order valence-corrected chi connectivity index (χ3v) is 4.42. The van der Waals surface area contributed by atoms with Gasteiger partial charge < -0.3 is 10.2 Å². The first-order valence-electron chi connectivity index (χ1n) is 6.97. The van der Waals surface area contributed by atoms with E-state index in [1.165, 1.54) is 14.1 Å². The van der Waals surface area contributed by atoms with E-state index in [9.17, 15) is 14.4 Å². The van der Waals surface area contributed by atoms with Gasteiger partial charge in [-0.1, -0.05) is 23.9 Å². The molecule has 0 bridgehead atoms. The van der Waals surface area contributed by atoms with Crippen molar-refractivity contribution >= 4 is 34.5 Å². The Labute approximate surface area is 139 Å². The molecular formula is C15H14N4O4S. The Bertz CT molecular complexity index is 1030. The lowest BCUT2D eigenvalue weighted by molar-refractivity contribution is 0.102. The highest BCUT2D eigenvalue weighted by atomic mass is 32.2. The second-order valence-corrected chi connectivity index (χ2v) is 6.05. The first-order chi connectivity index (χ1) is 11.4. The van der Waals surface area contributed by atoms with Crippen LogP contribution in [0, 0.1) is 0 Å². The minimum absolute atomic E-state index is 0.0789. The van der Waals surface area contributed by atoms with Crippen LogP contribution in [-0.2, 0) is 14.1 Å². The van der Waals surface area contributed by atoms with Gasteiger partial charge in [-0.3, -0.25) is 18.7 Å². The zero-order valence-electron chi connectivity index (χ0n) is 13.0. The number of hydrogen-bond donors (Lipinski definition) is 1. The van der Waals surface area contributed by atoms with Crippen LogP contribution in [0.3, 0.4) is 0 Å². The van der Waals surface area contributed by atoms with E-state index < -0.39 is 17.0 Å². The van der Waals surface area contributed by atoms with Crippen LogP contribution in [0.1, 0.15) is 10.4 Å². The molecule has 0 aliphatic heterocycles. The molecule has 1 aromatic carbocycles. The first kappa shape index (κ1) is 16.1. The van der Waals surface area contributed by atoms with Crippen LogP contribution in [0.2, 0.25) is 0 Å². The lowest BCUT2D eigenvalue weighted by Crippen LogP contribution is -2.41. The molecule has 8 nitrogen and oxygen atoms in total. The minimum Gasteiger partial charge on any atom is -0.431 e. The van der Waals surface area contributed by atoms with Crippen LogP contribution >= 0.6 is 11.8 Å². The molecule has 0 atom stereocenters. The molecule has 9 heteroatoms. The van der Waals surface area contributed by atoms with E-state index in [4.69, 9.17) is 10.2 Å². The molecule has 2 heterocycles. The number of thioether (sulfide) groups is 1. The summed E-state index contributed by atoms with van der Waals surface area (Å²) in [6.45, 7) is 0. The molecule has 0 fully saturated rings. The van der Waals surface area contributed by atoms with Gasteiger partial charge in [0.2, 0.25) is 0 Å². The van der Waals surface area contributed by atoms with E-state index in [0.29, 0.717) is 16.3 Å². The number of Topliss-reactive ketones (excluding diaryl/α,β-unsaturated/α-hetero) is 1. The van der Waals surface area contributed by atoms with Crippen molar-refractivity contribution in [3.8, 4) is 0 Å². The highest BCUT2D eigenvalue weighted by molar-refractivity contribution is 7.99. The fraction of sp³-hybridized carbons (Fsp3) is 0.200. The Morgan fingerprint density at radius 1 is 1.25 bits per heavy atom. The Hall–Kier alpha value is -2.81. The third kappa shape index (κ3) is 2.62. The number of fused-ring (bicyclic) bond motifs is 1. The fourth-order valence-electron chi connectivity index (χ4n) is 2.23. The molecule has 0 spiro atoms. The highest BCUT2D eigenvalue weighted by Gasteiger charge is 2.21. The SMILES string of the molecule is Cn1c(N)c(C(=O)CSc2nc3ccccc3o2)c(=O)n(C)c1=O. The van der Waals surface area contributed by atoms with Gasteiger partial charge in [0.05, 0.1) is 5.75 Å². The molecule has 2 aromatic heterocycles.